The average molecular weight is 254 g/mol. The molecule has 2 rings (SSSR count). The highest BCUT2D eigenvalue weighted by atomic mass is 35.5. The minimum Gasteiger partial charge on any atom is -0.480 e. The highest BCUT2D eigenvalue weighted by Crippen LogP contribution is 2.28. The first kappa shape index (κ1) is 12.4. The van der Waals surface area contributed by atoms with E-state index in [0.29, 0.717) is 5.92 Å². The van der Waals surface area contributed by atoms with Gasteiger partial charge in [0.15, 0.2) is 0 Å². The van der Waals surface area contributed by atoms with Gasteiger partial charge in [-0.05, 0) is 49.5 Å². The summed E-state index contributed by atoms with van der Waals surface area (Å²) in [4.78, 5) is 12.6. The lowest BCUT2D eigenvalue weighted by atomic mass is 9.89. The van der Waals surface area contributed by atoms with Crippen LogP contribution in [0, 0.1) is 0 Å². The fourth-order valence-corrected chi connectivity index (χ4v) is 2.48. The van der Waals surface area contributed by atoms with E-state index in [0.717, 1.165) is 31.0 Å². The summed E-state index contributed by atoms with van der Waals surface area (Å²) in [5.74, 6) is -0.202. The maximum absolute atomic E-state index is 10.6. The van der Waals surface area contributed by atoms with Gasteiger partial charge in [0.25, 0.3) is 0 Å². The van der Waals surface area contributed by atoms with E-state index in [9.17, 15) is 4.79 Å². The molecule has 1 aliphatic heterocycles. The molecule has 0 amide bonds. The van der Waals surface area contributed by atoms with E-state index >= 15 is 0 Å². The molecule has 4 heteroatoms. The molecule has 1 aliphatic rings. The molecule has 3 nitrogen and oxygen atoms in total. The molecule has 0 saturated carbocycles. The van der Waals surface area contributed by atoms with Crippen molar-refractivity contribution < 1.29 is 9.90 Å². The van der Waals surface area contributed by atoms with Crippen molar-refractivity contribution in [2.75, 3.05) is 19.6 Å². The highest BCUT2D eigenvalue weighted by Gasteiger charge is 2.21. The zero-order chi connectivity index (χ0) is 12.3. The number of carboxylic acid groups (broad SMARTS) is 1. The van der Waals surface area contributed by atoms with Gasteiger partial charge < -0.3 is 5.11 Å². The number of carboxylic acids is 1. The van der Waals surface area contributed by atoms with Crippen LogP contribution in [0.25, 0.3) is 0 Å². The maximum Gasteiger partial charge on any atom is 0.317 e. The van der Waals surface area contributed by atoms with Crippen LogP contribution in [-0.4, -0.2) is 35.6 Å². The second-order valence-corrected chi connectivity index (χ2v) is 4.93. The number of hydrogen-bond acceptors (Lipinski definition) is 2. The van der Waals surface area contributed by atoms with Gasteiger partial charge in [0.2, 0.25) is 0 Å². The Labute approximate surface area is 106 Å². The van der Waals surface area contributed by atoms with Crippen LogP contribution >= 0.6 is 11.6 Å². The summed E-state index contributed by atoms with van der Waals surface area (Å²) in [5.41, 5.74) is 1.31. The van der Waals surface area contributed by atoms with Crippen LogP contribution in [0.5, 0.6) is 0 Å². The third kappa shape index (κ3) is 3.45. The number of benzene rings is 1. The summed E-state index contributed by atoms with van der Waals surface area (Å²) in [6.45, 7) is 1.88. The zero-order valence-electron chi connectivity index (χ0n) is 9.60. The second kappa shape index (κ2) is 5.52. The number of halogens is 1. The number of carbonyl (C=O) groups is 1. The molecule has 1 aromatic rings. The Bertz CT molecular complexity index is 383. The quantitative estimate of drug-likeness (QED) is 0.900. The van der Waals surface area contributed by atoms with Crippen LogP contribution in [0.15, 0.2) is 24.3 Å². The third-order valence-corrected chi connectivity index (χ3v) is 3.54. The number of aliphatic carboxylic acids is 1. The molecular weight excluding hydrogens is 238 g/mol. The van der Waals surface area contributed by atoms with Crippen LogP contribution < -0.4 is 0 Å². The van der Waals surface area contributed by atoms with Gasteiger partial charge in [-0.25, -0.2) is 0 Å². The van der Waals surface area contributed by atoms with Gasteiger partial charge in [-0.2, -0.15) is 0 Å². The van der Waals surface area contributed by atoms with Gasteiger partial charge >= 0.3 is 5.97 Å². The van der Waals surface area contributed by atoms with Crippen molar-refractivity contribution >= 4 is 17.6 Å². The first-order chi connectivity index (χ1) is 8.15. The van der Waals surface area contributed by atoms with Crippen molar-refractivity contribution in [2.24, 2.45) is 0 Å². The molecule has 92 valence electrons. The summed E-state index contributed by atoms with van der Waals surface area (Å²) in [6, 6.07) is 7.97. The van der Waals surface area contributed by atoms with Crippen LogP contribution in [0.3, 0.4) is 0 Å². The topological polar surface area (TPSA) is 40.5 Å². The van der Waals surface area contributed by atoms with Crippen molar-refractivity contribution in [3.63, 3.8) is 0 Å². The highest BCUT2D eigenvalue weighted by molar-refractivity contribution is 6.30. The first-order valence-corrected chi connectivity index (χ1v) is 6.22. The fraction of sp³-hybridized carbons (Fsp3) is 0.462. The molecule has 1 heterocycles. The van der Waals surface area contributed by atoms with Crippen molar-refractivity contribution in [1.29, 1.82) is 0 Å². The Morgan fingerprint density at radius 3 is 2.41 bits per heavy atom. The summed E-state index contributed by atoms with van der Waals surface area (Å²) >= 11 is 5.86. The maximum atomic E-state index is 10.6. The molecular formula is C13H16ClNO2. The van der Waals surface area contributed by atoms with E-state index in [1.807, 2.05) is 17.0 Å². The molecule has 1 N–H and O–H groups in total. The van der Waals surface area contributed by atoms with Gasteiger partial charge in [0, 0.05) is 5.02 Å². The van der Waals surface area contributed by atoms with Crippen LogP contribution in [0.2, 0.25) is 5.02 Å². The predicted molar refractivity (Wildman–Crippen MR) is 67.5 cm³/mol. The molecule has 0 radical (unpaired) electrons. The van der Waals surface area contributed by atoms with Crippen molar-refractivity contribution in [2.45, 2.75) is 18.8 Å². The van der Waals surface area contributed by atoms with Gasteiger partial charge in [0.1, 0.15) is 0 Å². The molecule has 0 aromatic heterocycles. The predicted octanol–water partition coefficient (Wildman–Crippen LogP) is 2.60. The lowest BCUT2D eigenvalue weighted by Crippen LogP contribution is -2.36. The van der Waals surface area contributed by atoms with E-state index < -0.39 is 5.97 Å². The standard InChI is InChI=1S/C13H16ClNO2/c14-12-3-1-10(2-4-12)11-5-7-15(8-6-11)9-13(16)17/h1-4,11H,5-9H2,(H,16,17). The van der Waals surface area contributed by atoms with E-state index in [2.05, 4.69) is 12.1 Å². The molecule has 0 aliphatic carbocycles. The van der Waals surface area contributed by atoms with E-state index in [-0.39, 0.29) is 6.54 Å². The van der Waals surface area contributed by atoms with E-state index in [1.165, 1.54) is 5.56 Å². The molecule has 0 atom stereocenters. The summed E-state index contributed by atoms with van der Waals surface area (Å²) in [5, 5.41) is 9.48. The minimum absolute atomic E-state index is 0.160. The van der Waals surface area contributed by atoms with E-state index in [4.69, 9.17) is 16.7 Å². The van der Waals surface area contributed by atoms with Crippen molar-refractivity contribution in [3.05, 3.63) is 34.9 Å². The molecule has 17 heavy (non-hydrogen) atoms. The first-order valence-electron chi connectivity index (χ1n) is 5.85. The molecule has 1 fully saturated rings. The monoisotopic (exact) mass is 253 g/mol. The van der Waals surface area contributed by atoms with E-state index in [1.54, 1.807) is 0 Å². The van der Waals surface area contributed by atoms with Crippen molar-refractivity contribution in [1.82, 2.24) is 4.90 Å². The Balaban J connectivity index is 1.90. The largest absolute Gasteiger partial charge is 0.480 e. The second-order valence-electron chi connectivity index (χ2n) is 4.50. The Morgan fingerprint density at radius 2 is 1.88 bits per heavy atom. The Hall–Kier alpha value is -1.06. The normalized spacial score (nSPS) is 18.2. The number of piperidine rings is 1. The van der Waals surface area contributed by atoms with Crippen LogP contribution in [-0.2, 0) is 4.79 Å². The van der Waals surface area contributed by atoms with Crippen LogP contribution in [0.1, 0.15) is 24.3 Å². The third-order valence-electron chi connectivity index (χ3n) is 3.29. The SMILES string of the molecule is O=C(O)CN1CCC(c2ccc(Cl)cc2)CC1. The fourth-order valence-electron chi connectivity index (χ4n) is 2.35. The molecule has 0 unspecified atom stereocenters. The van der Waals surface area contributed by atoms with Gasteiger partial charge in [-0.3, -0.25) is 9.69 Å². The summed E-state index contributed by atoms with van der Waals surface area (Å²) in [7, 11) is 0. The smallest absolute Gasteiger partial charge is 0.317 e. The lowest BCUT2D eigenvalue weighted by Gasteiger charge is -2.31. The number of nitrogens with zero attached hydrogens (tertiary/aromatic N) is 1. The summed E-state index contributed by atoms with van der Waals surface area (Å²) < 4.78 is 0. The van der Waals surface area contributed by atoms with Crippen molar-refractivity contribution in [3.8, 4) is 0 Å². The average Bonchev–Trinajstić information content (AvgIpc) is 2.30. The van der Waals surface area contributed by atoms with Gasteiger partial charge in [0.05, 0.1) is 6.54 Å². The van der Waals surface area contributed by atoms with Crippen LogP contribution in [0.4, 0.5) is 0 Å². The molecule has 0 bridgehead atoms. The molecule has 1 saturated heterocycles. The molecule has 1 aromatic carbocycles. The Morgan fingerprint density at radius 1 is 1.29 bits per heavy atom. The summed E-state index contributed by atoms with van der Waals surface area (Å²) in [6.07, 6.45) is 2.05. The van der Waals surface area contributed by atoms with Gasteiger partial charge in [-0.1, -0.05) is 23.7 Å². The number of hydrogen-bond donors (Lipinski definition) is 1. The number of rotatable bonds is 3. The van der Waals surface area contributed by atoms with Gasteiger partial charge in [-0.15, -0.1) is 0 Å². The Kier molecular flexibility index (Phi) is 4.02. The lowest BCUT2D eigenvalue weighted by molar-refractivity contribution is -0.138. The number of likely N-dealkylation sites (tertiary alicyclic amines) is 1. The minimum atomic E-state index is -0.741. The zero-order valence-corrected chi connectivity index (χ0v) is 10.4. The molecule has 0 spiro atoms.